The molecular formula is C23H23N3O2S. The molecule has 3 atom stereocenters. The highest BCUT2D eigenvalue weighted by molar-refractivity contribution is 8.15. The van der Waals surface area contributed by atoms with E-state index in [-0.39, 0.29) is 23.7 Å². The Hall–Kier alpha value is -2.60. The summed E-state index contributed by atoms with van der Waals surface area (Å²) in [5.41, 5.74) is 5.98. The number of imide groups is 1. The molecule has 2 amide bonds. The molecule has 0 unspecified atom stereocenters. The van der Waals surface area contributed by atoms with E-state index in [1.54, 1.807) is 11.8 Å². The van der Waals surface area contributed by atoms with Gasteiger partial charge < -0.3 is 0 Å². The van der Waals surface area contributed by atoms with Gasteiger partial charge in [0.2, 0.25) is 11.8 Å². The van der Waals surface area contributed by atoms with Crippen molar-refractivity contribution in [2.45, 2.75) is 37.5 Å². The first-order chi connectivity index (χ1) is 14.1. The lowest BCUT2D eigenvalue weighted by Gasteiger charge is -2.25. The number of nitrogens with zero attached hydrogens (tertiary/aromatic N) is 2. The molecule has 1 aliphatic carbocycles. The van der Waals surface area contributed by atoms with Crippen molar-refractivity contribution in [3.8, 4) is 0 Å². The molecule has 2 fully saturated rings. The number of hydrogen-bond acceptors (Lipinski definition) is 5. The molecule has 5 nitrogen and oxygen atoms in total. The number of benzene rings is 2. The fraction of sp³-hybridized carbons (Fsp3) is 0.348. The van der Waals surface area contributed by atoms with Crippen molar-refractivity contribution in [3.63, 3.8) is 0 Å². The molecule has 1 saturated carbocycles. The van der Waals surface area contributed by atoms with Crippen LogP contribution in [0.3, 0.4) is 0 Å². The molecule has 6 heteroatoms. The average molecular weight is 406 g/mol. The lowest BCUT2D eigenvalue weighted by Crippen LogP contribution is -2.32. The highest BCUT2D eigenvalue weighted by Gasteiger charge is 2.49. The predicted molar refractivity (Wildman–Crippen MR) is 115 cm³/mol. The fourth-order valence-corrected chi connectivity index (χ4v) is 5.65. The normalized spacial score (nSPS) is 28.9. The zero-order chi connectivity index (χ0) is 20.0. The third kappa shape index (κ3) is 3.06. The van der Waals surface area contributed by atoms with E-state index in [0.29, 0.717) is 5.69 Å². The highest BCUT2D eigenvalue weighted by Crippen LogP contribution is 2.43. The van der Waals surface area contributed by atoms with Gasteiger partial charge in [-0.25, -0.2) is 0 Å². The van der Waals surface area contributed by atoms with Gasteiger partial charge >= 0.3 is 0 Å². The van der Waals surface area contributed by atoms with Crippen molar-refractivity contribution in [1.29, 1.82) is 0 Å². The lowest BCUT2D eigenvalue weighted by molar-refractivity contribution is -0.122. The molecule has 1 saturated heterocycles. The van der Waals surface area contributed by atoms with E-state index < -0.39 is 4.87 Å². The van der Waals surface area contributed by atoms with Crippen molar-refractivity contribution < 1.29 is 9.59 Å². The van der Waals surface area contributed by atoms with Gasteiger partial charge in [-0.15, -0.1) is 0 Å². The number of anilines is 1. The van der Waals surface area contributed by atoms with Gasteiger partial charge in [0.15, 0.2) is 0 Å². The van der Waals surface area contributed by atoms with Crippen LogP contribution in [0.1, 0.15) is 43.7 Å². The van der Waals surface area contributed by atoms with Crippen molar-refractivity contribution in [2.24, 2.45) is 16.9 Å². The maximum atomic E-state index is 13.0. The van der Waals surface area contributed by atoms with Gasteiger partial charge in [-0.2, -0.15) is 5.10 Å². The minimum atomic E-state index is -0.459. The third-order valence-corrected chi connectivity index (χ3v) is 7.44. The van der Waals surface area contributed by atoms with Crippen LogP contribution in [-0.2, 0) is 14.5 Å². The smallest absolute Gasteiger partial charge is 0.237 e. The van der Waals surface area contributed by atoms with Crippen molar-refractivity contribution in [3.05, 3.63) is 65.7 Å². The summed E-state index contributed by atoms with van der Waals surface area (Å²) in [5.74, 6) is -0.337. The molecule has 29 heavy (non-hydrogen) atoms. The summed E-state index contributed by atoms with van der Waals surface area (Å²) in [6.45, 7) is 2.07. The molecule has 0 spiro atoms. The Balaban J connectivity index is 1.42. The summed E-state index contributed by atoms with van der Waals surface area (Å²) in [6.07, 6.45) is 3.72. The Labute approximate surface area is 174 Å². The molecule has 148 valence electrons. The standard InChI is InChI=1S/C23H23N3O2S/c1-23(25-24-20(29-23)15-8-3-2-4-9-15)16-10-7-11-17(14-16)26-21(27)18-12-5-6-13-19(18)22(26)28/h2-4,7-11,14,18-19,25H,5-6,12-13H2,1H3/t18-,19-,23+/m1/s1. The monoisotopic (exact) mass is 405 g/mol. The first-order valence-electron chi connectivity index (χ1n) is 10.1. The second kappa shape index (κ2) is 7.02. The van der Waals surface area contributed by atoms with Gasteiger partial charge in [-0.1, -0.05) is 67.1 Å². The number of hydrogen-bond donors (Lipinski definition) is 1. The second-order valence-electron chi connectivity index (χ2n) is 8.09. The van der Waals surface area contributed by atoms with E-state index in [0.717, 1.165) is 41.9 Å². The predicted octanol–water partition coefficient (Wildman–Crippen LogP) is 4.24. The lowest BCUT2D eigenvalue weighted by atomic mass is 9.81. The number of carbonyl (C=O) groups excluding carboxylic acids is 2. The van der Waals surface area contributed by atoms with Crippen LogP contribution >= 0.6 is 11.8 Å². The number of fused-ring (bicyclic) bond motifs is 1. The number of rotatable bonds is 3. The zero-order valence-electron chi connectivity index (χ0n) is 16.3. The molecule has 2 aliphatic heterocycles. The summed E-state index contributed by atoms with van der Waals surface area (Å²) < 4.78 is 0. The molecule has 1 N–H and O–H groups in total. The van der Waals surface area contributed by atoms with Gasteiger partial charge in [0.05, 0.1) is 17.5 Å². The van der Waals surface area contributed by atoms with E-state index in [9.17, 15) is 9.59 Å². The van der Waals surface area contributed by atoms with Crippen LogP contribution in [0.25, 0.3) is 0 Å². The number of carbonyl (C=O) groups is 2. The maximum absolute atomic E-state index is 13.0. The summed E-state index contributed by atoms with van der Waals surface area (Å²) in [6, 6.07) is 17.8. The Bertz CT molecular complexity index is 982. The Kier molecular flexibility index (Phi) is 4.46. The summed E-state index contributed by atoms with van der Waals surface area (Å²) >= 11 is 1.64. The first kappa shape index (κ1) is 18.4. The van der Waals surface area contributed by atoms with E-state index in [2.05, 4.69) is 17.5 Å². The second-order valence-corrected chi connectivity index (χ2v) is 9.50. The fourth-order valence-electron chi connectivity index (χ4n) is 4.58. The summed E-state index contributed by atoms with van der Waals surface area (Å²) in [4.78, 5) is 26.9. The number of hydrazone groups is 1. The number of nitrogens with one attached hydrogen (secondary N) is 1. The molecule has 0 radical (unpaired) electrons. The minimum Gasteiger partial charge on any atom is -0.288 e. The highest BCUT2D eigenvalue weighted by atomic mass is 32.2. The van der Waals surface area contributed by atoms with Crippen LogP contribution in [0, 0.1) is 11.8 Å². The quantitative estimate of drug-likeness (QED) is 0.776. The molecule has 5 rings (SSSR count). The van der Waals surface area contributed by atoms with E-state index in [1.165, 1.54) is 4.90 Å². The van der Waals surface area contributed by atoms with Gasteiger partial charge in [0, 0.05) is 5.56 Å². The van der Waals surface area contributed by atoms with Crippen LogP contribution in [0.5, 0.6) is 0 Å². The van der Waals surface area contributed by atoms with Crippen molar-refractivity contribution in [2.75, 3.05) is 4.90 Å². The van der Waals surface area contributed by atoms with Crippen LogP contribution in [0.4, 0.5) is 5.69 Å². The molecule has 0 bridgehead atoms. The summed E-state index contributed by atoms with van der Waals surface area (Å²) in [5, 5.41) is 5.46. The molecule has 2 aromatic rings. The van der Waals surface area contributed by atoms with Crippen LogP contribution in [0.2, 0.25) is 0 Å². The van der Waals surface area contributed by atoms with Crippen molar-refractivity contribution >= 4 is 34.3 Å². The molecule has 2 heterocycles. The van der Waals surface area contributed by atoms with E-state index in [4.69, 9.17) is 0 Å². The first-order valence-corrected chi connectivity index (χ1v) is 11.0. The zero-order valence-corrected chi connectivity index (χ0v) is 17.1. The SMILES string of the molecule is C[C@]1(c2cccc(N3C(=O)[C@@H]4CCCC[C@H]4C3=O)c2)NN=C(c2ccccc2)S1. The number of amides is 2. The minimum absolute atomic E-state index is 0.0322. The van der Waals surface area contributed by atoms with Gasteiger partial charge in [-0.05, 0) is 37.5 Å². The van der Waals surface area contributed by atoms with E-state index >= 15 is 0 Å². The Morgan fingerprint density at radius 3 is 2.38 bits per heavy atom. The van der Waals surface area contributed by atoms with E-state index in [1.807, 2.05) is 54.6 Å². The van der Waals surface area contributed by atoms with Gasteiger partial charge in [-0.3, -0.25) is 19.9 Å². The number of thioether (sulfide) groups is 1. The summed E-state index contributed by atoms with van der Waals surface area (Å²) in [7, 11) is 0. The maximum Gasteiger partial charge on any atom is 0.237 e. The Morgan fingerprint density at radius 2 is 1.69 bits per heavy atom. The van der Waals surface area contributed by atoms with Gasteiger partial charge in [0.25, 0.3) is 0 Å². The largest absolute Gasteiger partial charge is 0.288 e. The third-order valence-electron chi connectivity index (χ3n) is 6.19. The van der Waals surface area contributed by atoms with Crippen LogP contribution in [-0.4, -0.2) is 16.9 Å². The molecular weight excluding hydrogens is 382 g/mol. The Morgan fingerprint density at radius 1 is 1.00 bits per heavy atom. The van der Waals surface area contributed by atoms with Crippen molar-refractivity contribution in [1.82, 2.24) is 5.43 Å². The van der Waals surface area contributed by atoms with Crippen LogP contribution < -0.4 is 10.3 Å². The molecule has 0 aromatic heterocycles. The average Bonchev–Trinajstić information content (AvgIpc) is 3.28. The molecule has 2 aromatic carbocycles. The molecule has 3 aliphatic rings. The van der Waals surface area contributed by atoms with Gasteiger partial charge in [0.1, 0.15) is 9.91 Å². The van der Waals surface area contributed by atoms with Crippen LogP contribution in [0.15, 0.2) is 59.7 Å². The topological polar surface area (TPSA) is 61.8 Å².